The molecule has 0 bridgehead atoms. The number of hydrogen-bond acceptors (Lipinski definition) is 5. The molecular weight excluding hydrogens is 418 g/mol. The first-order valence-electron chi connectivity index (χ1n) is 11.2. The minimum atomic E-state index is -0.214. The fraction of sp³-hybridized carbons (Fsp3) is 0.320. The van der Waals surface area contributed by atoms with Crippen LogP contribution in [0.3, 0.4) is 0 Å². The van der Waals surface area contributed by atoms with Crippen molar-refractivity contribution in [3.8, 4) is 5.69 Å². The maximum Gasteiger partial charge on any atom is 0.259 e. The van der Waals surface area contributed by atoms with E-state index in [0.717, 1.165) is 24.5 Å². The molecule has 0 atom stereocenters. The molecule has 0 saturated carbocycles. The number of hydrogen-bond donors (Lipinski definition) is 2. The maximum atomic E-state index is 12.9. The Hall–Kier alpha value is -3.49. The molecule has 8 heteroatoms. The second-order valence-corrected chi connectivity index (χ2v) is 8.07. The zero-order chi connectivity index (χ0) is 23.2. The van der Waals surface area contributed by atoms with Gasteiger partial charge in [0.2, 0.25) is 5.91 Å². The van der Waals surface area contributed by atoms with Crippen LogP contribution in [0.2, 0.25) is 0 Å². The van der Waals surface area contributed by atoms with E-state index < -0.39 is 0 Å². The van der Waals surface area contributed by atoms with Crippen LogP contribution in [0.25, 0.3) is 5.69 Å². The van der Waals surface area contributed by atoms with Gasteiger partial charge in [0.1, 0.15) is 0 Å². The van der Waals surface area contributed by atoms with E-state index >= 15 is 0 Å². The highest BCUT2D eigenvalue weighted by Gasteiger charge is 2.18. The van der Waals surface area contributed by atoms with E-state index in [1.807, 2.05) is 38.1 Å². The monoisotopic (exact) mass is 447 g/mol. The Morgan fingerprint density at radius 1 is 0.970 bits per heavy atom. The van der Waals surface area contributed by atoms with Gasteiger partial charge in [-0.1, -0.05) is 24.6 Å². The number of morpholine rings is 1. The molecule has 33 heavy (non-hydrogen) atoms. The van der Waals surface area contributed by atoms with Gasteiger partial charge in [0.25, 0.3) is 5.91 Å². The molecule has 4 rings (SSSR count). The van der Waals surface area contributed by atoms with Crippen molar-refractivity contribution in [2.45, 2.75) is 20.3 Å². The van der Waals surface area contributed by atoms with Crippen molar-refractivity contribution in [1.82, 2.24) is 14.7 Å². The van der Waals surface area contributed by atoms with Gasteiger partial charge < -0.3 is 15.4 Å². The van der Waals surface area contributed by atoms with Crippen molar-refractivity contribution in [2.24, 2.45) is 0 Å². The number of ether oxygens (including phenoxy) is 1. The lowest BCUT2D eigenvalue weighted by atomic mass is 10.1. The Bertz CT molecular complexity index is 1100. The van der Waals surface area contributed by atoms with Crippen molar-refractivity contribution in [1.29, 1.82) is 0 Å². The van der Waals surface area contributed by atoms with Crippen LogP contribution in [-0.2, 0) is 16.0 Å². The molecule has 1 aliphatic heterocycles. The largest absolute Gasteiger partial charge is 0.379 e. The summed E-state index contributed by atoms with van der Waals surface area (Å²) in [5.74, 6) is -0.279. The Balaban J connectivity index is 1.38. The van der Waals surface area contributed by atoms with Crippen LogP contribution in [0.15, 0.2) is 54.7 Å². The summed E-state index contributed by atoms with van der Waals surface area (Å²) in [5.41, 5.74) is 4.82. The maximum absolute atomic E-state index is 12.9. The number of anilines is 2. The highest BCUT2D eigenvalue weighted by atomic mass is 16.5. The van der Waals surface area contributed by atoms with Gasteiger partial charge in [0.15, 0.2) is 0 Å². The van der Waals surface area contributed by atoms with Crippen molar-refractivity contribution in [3.63, 3.8) is 0 Å². The molecule has 0 aliphatic carbocycles. The second-order valence-electron chi connectivity index (χ2n) is 8.07. The van der Waals surface area contributed by atoms with Crippen molar-refractivity contribution < 1.29 is 14.3 Å². The van der Waals surface area contributed by atoms with Crippen molar-refractivity contribution in [2.75, 3.05) is 43.5 Å². The Morgan fingerprint density at radius 2 is 1.61 bits per heavy atom. The smallest absolute Gasteiger partial charge is 0.259 e. The van der Waals surface area contributed by atoms with Crippen LogP contribution in [0.1, 0.15) is 28.5 Å². The summed E-state index contributed by atoms with van der Waals surface area (Å²) >= 11 is 0. The predicted molar refractivity (Wildman–Crippen MR) is 128 cm³/mol. The van der Waals surface area contributed by atoms with Gasteiger partial charge in [-0.15, -0.1) is 0 Å². The number of carbonyl (C=O) groups is 2. The highest BCUT2D eigenvalue weighted by Crippen LogP contribution is 2.19. The van der Waals surface area contributed by atoms with Crippen molar-refractivity contribution >= 4 is 23.2 Å². The topological polar surface area (TPSA) is 88.5 Å². The highest BCUT2D eigenvalue weighted by molar-refractivity contribution is 6.05. The van der Waals surface area contributed by atoms with Gasteiger partial charge in [-0.3, -0.25) is 14.5 Å². The molecular formula is C25H29N5O3. The fourth-order valence-corrected chi connectivity index (χ4v) is 3.81. The molecule has 2 heterocycles. The molecule has 0 unspecified atom stereocenters. The van der Waals surface area contributed by atoms with E-state index in [9.17, 15) is 9.59 Å². The van der Waals surface area contributed by atoms with Gasteiger partial charge in [-0.25, -0.2) is 4.68 Å². The third kappa shape index (κ3) is 5.66. The quantitative estimate of drug-likeness (QED) is 0.580. The number of amides is 2. The lowest BCUT2D eigenvalue weighted by Crippen LogP contribution is -2.41. The number of benzene rings is 2. The zero-order valence-electron chi connectivity index (χ0n) is 19.0. The molecule has 1 saturated heterocycles. The zero-order valence-corrected chi connectivity index (χ0v) is 19.0. The van der Waals surface area contributed by atoms with Crippen LogP contribution in [0, 0.1) is 6.92 Å². The van der Waals surface area contributed by atoms with Crippen LogP contribution in [-0.4, -0.2) is 59.3 Å². The molecule has 1 fully saturated rings. The van der Waals surface area contributed by atoms with E-state index in [1.165, 1.54) is 5.56 Å². The van der Waals surface area contributed by atoms with E-state index in [0.29, 0.717) is 43.1 Å². The molecule has 8 nitrogen and oxygen atoms in total. The first-order chi connectivity index (χ1) is 16.0. The lowest BCUT2D eigenvalue weighted by molar-refractivity contribution is -0.118. The van der Waals surface area contributed by atoms with Crippen molar-refractivity contribution in [3.05, 3.63) is 71.5 Å². The van der Waals surface area contributed by atoms with Crippen LogP contribution < -0.4 is 10.6 Å². The van der Waals surface area contributed by atoms with E-state index in [1.54, 1.807) is 35.1 Å². The molecule has 1 aromatic heterocycles. The normalized spacial score (nSPS) is 14.1. The first kappa shape index (κ1) is 22.7. The third-order valence-electron chi connectivity index (χ3n) is 5.62. The van der Waals surface area contributed by atoms with Gasteiger partial charge >= 0.3 is 0 Å². The molecule has 2 N–H and O–H groups in total. The van der Waals surface area contributed by atoms with Gasteiger partial charge in [0.05, 0.1) is 42.9 Å². The number of aromatic nitrogens is 2. The number of nitrogens with zero attached hydrogens (tertiary/aromatic N) is 3. The molecule has 172 valence electrons. The van der Waals surface area contributed by atoms with Gasteiger partial charge in [0, 0.05) is 24.5 Å². The Kier molecular flexibility index (Phi) is 7.16. The molecule has 0 radical (unpaired) electrons. The summed E-state index contributed by atoms with van der Waals surface area (Å²) in [6.07, 6.45) is 2.28. The summed E-state index contributed by atoms with van der Waals surface area (Å²) in [6, 6.07) is 15.2. The first-order valence-corrected chi connectivity index (χ1v) is 11.2. The van der Waals surface area contributed by atoms with E-state index in [4.69, 9.17) is 4.74 Å². The van der Waals surface area contributed by atoms with Crippen LogP contribution in [0.5, 0.6) is 0 Å². The Morgan fingerprint density at radius 3 is 2.24 bits per heavy atom. The average molecular weight is 448 g/mol. The molecule has 0 spiro atoms. The molecule has 2 aromatic carbocycles. The SMILES string of the molecule is CCc1c(C(=O)Nc2ccc(NC(=O)CN3CCOCC3)cc2)cnn1-c1ccc(C)cc1. The summed E-state index contributed by atoms with van der Waals surface area (Å²) in [4.78, 5) is 27.3. The minimum Gasteiger partial charge on any atom is -0.379 e. The lowest BCUT2D eigenvalue weighted by Gasteiger charge is -2.25. The predicted octanol–water partition coefficient (Wildman–Crippen LogP) is 3.27. The fourth-order valence-electron chi connectivity index (χ4n) is 3.81. The minimum absolute atomic E-state index is 0.0650. The van der Waals surface area contributed by atoms with E-state index in [-0.39, 0.29) is 11.8 Å². The number of rotatable bonds is 7. The third-order valence-corrected chi connectivity index (χ3v) is 5.62. The number of carbonyl (C=O) groups excluding carboxylic acids is 2. The number of nitrogens with one attached hydrogen (secondary N) is 2. The average Bonchev–Trinajstić information content (AvgIpc) is 3.26. The standard InChI is InChI=1S/C25H29N5O3/c1-3-23-22(16-26-30(23)21-10-4-18(2)5-11-21)25(32)28-20-8-6-19(7-9-20)27-24(31)17-29-12-14-33-15-13-29/h4-11,16H,3,12-15,17H2,1-2H3,(H,27,31)(H,28,32). The summed E-state index contributed by atoms with van der Waals surface area (Å²) < 4.78 is 7.11. The molecule has 1 aliphatic rings. The Labute approximate surface area is 193 Å². The van der Waals surface area contributed by atoms with Crippen LogP contribution in [0.4, 0.5) is 11.4 Å². The van der Waals surface area contributed by atoms with Crippen LogP contribution >= 0.6 is 0 Å². The summed E-state index contributed by atoms with van der Waals surface area (Å²) in [7, 11) is 0. The van der Waals surface area contributed by atoms with E-state index in [2.05, 4.69) is 20.6 Å². The molecule has 2 amide bonds. The van der Waals surface area contributed by atoms with Gasteiger partial charge in [-0.05, 0) is 49.7 Å². The molecule has 3 aromatic rings. The van der Waals surface area contributed by atoms with Gasteiger partial charge in [-0.2, -0.15) is 5.10 Å². The second kappa shape index (κ2) is 10.4. The summed E-state index contributed by atoms with van der Waals surface area (Å²) in [6.45, 7) is 7.22. The number of aryl methyl sites for hydroxylation is 1. The summed E-state index contributed by atoms with van der Waals surface area (Å²) in [5, 5.41) is 10.3.